The van der Waals surface area contributed by atoms with Gasteiger partial charge >= 0.3 is 0 Å². The fourth-order valence-electron chi connectivity index (χ4n) is 3.44. The van der Waals surface area contributed by atoms with Crippen molar-refractivity contribution in [1.82, 2.24) is 15.1 Å². The molecule has 1 aliphatic heterocycles. The van der Waals surface area contributed by atoms with Gasteiger partial charge in [-0.3, -0.25) is 9.59 Å². The first kappa shape index (κ1) is 19.4. The second kappa shape index (κ2) is 9.04. The van der Waals surface area contributed by atoms with Crippen LogP contribution in [0.1, 0.15) is 31.7 Å². The molecule has 27 heavy (non-hydrogen) atoms. The number of benzene rings is 1. The molecule has 2 heterocycles. The lowest BCUT2D eigenvalue weighted by Crippen LogP contribution is -2.38. The zero-order chi connectivity index (χ0) is 19.2. The third kappa shape index (κ3) is 5.32. The Balaban J connectivity index is 1.53. The number of carbonyl (C=O) groups excluding carboxylic acids is 1. The Morgan fingerprint density at radius 1 is 1.33 bits per heavy atom. The Bertz CT molecular complexity index is 835. The number of halogens is 1. The summed E-state index contributed by atoms with van der Waals surface area (Å²) in [6, 6.07) is 9.11. The second-order valence-electron chi connectivity index (χ2n) is 6.93. The maximum Gasteiger partial charge on any atom is 0.268 e. The van der Waals surface area contributed by atoms with E-state index < -0.39 is 0 Å². The smallest absolute Gasteiger partial charge is 0.268 e. The van der Waals surface area contributed by atoms with E-state index in [1.807, 2.05) is 31.2 Å². The van der Waals surface area contributed by atoms with Crippen LogP contribution in [0.4, 0.5) is 5.69 Å². The van der Waals surface area contributed by atoms with Crippen molar-refractivity contribution in [2.75, 3.05) is 18.0 Å². The van der Waals surface area contributed by atoms with Gasteiger partial charge in [-0.15, -0.1) is 0 Å². The van der Waals surface area contributed by atoms with Gasteiger partial charge in [-0.2, -0.15) is 5.10 Å². The first-order valence-electron chi connectivity index (χ1n) is 9.38. The number of carbonyl (C=O) groups is 1. The predicted molar refractivity (Wildman–Crippen MR) is 107 cm³/mol. The predicted octanol–water partition coefficient (Wildman–Crippen LogP) is 2.84. The first-order chi connectivity index (χ1) is 13.0. The van der Waals surface area contributed by atoms with Gasteiger partial charge in [0.2, 0.25) is 5.91 Å². The van der Waals surface area contributed by atoms with Gasteiger partial charge in [0.15, 0.2) is 0 Å². The number of amides is 1. The van der Waals surface area contributed by atoms with Gasteiger partial charge in [0, 0.05) is 43.7 Å². The van der Waals surface area contributed by atoms with E-state index in [9.17, 15) is 9.59 Å². The van der Waals surface area contributed by atoms with E-state index in [-0.39, 0.29) is 17.4 Å². The monoisotopic (exact) mass is 388 g/mol. The molecule has 0 bridgehead atoms. The SMILES string of the molecule is CCn1ncc(N2CCCC(CC(=O)NCc3ccc(Cl)cc3)C2)cc1=O. The molecule has 1 aromatic heterocycles. The van der Waals surface area contributed by atoms with Gasteiger partial charge in [0.25, 0.3) is 5.56 Å². The molecule has 3 rings (SSSR count). The Kier molecular flexibility index (Phi) is 6.50. The molecule has 1 atom stereocenters. The fraction of sp³-hybridized carbons (Fsp3) is 0.450. The summed E-state index contributed by atoms with van der Waals surface area (Å²) in [5.41, 5.74) is 1.79. The highest BCUT2D eigenvalue weighted by molar-refractivity contribution is 6.30. The molecule has 0 aliphatic carbocycles. The van der Waals surface area contributed by atoms with Gasteiger partial charge in [0.05, 0.1) is 11.9 Å². The van der Waals surface area contributed by atoms with Gasteiger partial charge in [-0.25, -0.2) is 4.68 Å². The van der Waals surface area contributed by atoms with Crippen molar-refractivity contribution in [2.24, 2.45) is 5.92 Å². The fourth-order valence-corrected chi connectivity index (χ4v) is 3.56. The molecule has 0 saturated carbocycles. The molecular formula is C20H25ClN4O2. The maximum atomic E-state index is 12.3. The average molecular weight is 389 g/mol. The normalized spacial score (nSPS) is 17.0. The van der Waals surface area contributed by atoms with Gasteiger partial charge in [-0.1, -0.05) is 23.7 Å². The molecular weight excluding hydrogens is 364 g/mol. The maximum absolute atomic E-state index is 12.3. The van der Waals surface area contributed by atoms with Gasteiger partial charge in [-0.05, 0) is 43.4 Å². The highest BCUT2D eigenvalue weighted by atomic mass is 35.5. The van der Waals surface area contributed by atoms with Gasteiger partial charge < -0.3 is 10.2 Å². The third-order valence-corrected chi connectivity index (χ3v) is 5.17. The van der Waals surface area contributed by atoms with Crippen LogP contribution in [0, 0.1) is 5.92 Å². The van der Waals surface area contributed by atoms with Crippen LogP contribution in [0.2, 0.25) is 5.02 Å². The Hall–Kier alpha value is -2.34. The highest BCUT2D eigenvalue weighted by Gasteiger charge is 2.23. The number of piperidine rings is 1. The van der Waals surface area contributed by atoms with Gasteiger partial charge in [0.1, 0.15) is 0 Å². The molecule has 0 spiro atoms. The molecule has 1 amide bonds. The first-order valence-corrected chi connectivity index (χ1v) is 9.76. The Morgan fingerprint density at radius 3 is 2.81 bits per heavy atom. The lowest BCUT2D eigenvalue weighted by molar-refractivity contribution is -0.122. The molecule has 7 heteroatoms. The molecule has 6 nitrogen and oxygen atoms in total. The molecule has 0 radical (unpaired) electrons. The Morgan fingerprint density at radius 2 is 2.11 bits per heavy atom. The number of nitrogens with one attached hydrogen (secondary N) is 1. The van der Waals surface area contributed by atoms with Crippen molar-refractivity contribution < 1.29 is 4.79 Å². The van der Waals surface area contributed by atoms with Crippen LogP contribution < -0.4 is 15.8 Å². The third-order valence-electron chi connectivity index (χ3n) is 4.92. The zero-order valence-corrected chi connectivity index (χ0v) is 16.3. The summed E-state index contributed by atoms with van der Waals surface area (Å²) in [6.45, 7) is 4.63. The molecule has 1 unspecified atom stereocenters. The minimum absolute atomic E-state index is 0.0522. The zero-order valence-electron chi connectivity index (χ0n) is 15.5. The van der Waals surface area contributed by atoms with Crippen molar-refractivity contribution >= 4 is 23.2 Å². The molecule has 2 aromatic rings. The highest BCUT2D eigenvalue weighted by Crippen LogP contribution is 2.23. The minimum atomic E-state index is -0.0853. The quantitative estimate of drug-likeness (QED) is 0.826. The minimum Gasteiger partial charge on any atom is -0.370 e. The van der Waals surface area contributed by atoms with Crippen LogP contribution in [0.25, 0.3) is 0 Å². The summed E-state index contributed by atoms with van der Waals surface area (Å²) < 4.78 is 1.44. The van der Waals surface area contributed by atoms with Crippen LogP contribution in [-0.2, 0) is 17.9 Å². The molecule has 1 aliphatic rings. The van der Waals surface area contributed by atoms with Crippen LogP contribution in [0.15, 0.2) is 41.3 Å². The van der Waals surface area contributed by atoms with Crippen molar-refractivity contribution in [2.45, 2.75) is 39.3 Å². The number of aryl methyl sites for hydroxylation is 1. The average Bonchev–Trinajstić information content (AvgIpc) is 2.67. The molecule has 1 saturated heterocycles. The van der Waals surface area contributed by atoms with E-state index in [1.54, 1.807) is 12.3 Å². The van der Waals surface area contributed by atoms with Crippen molar-refractivity contribution in [3.8, 4) is 0 Å². The Labute approximate surface area is 164 Å². The summed E-state index contributed by atoms with van der Waals surface area (Å²) >= 11 is 5.88. The molecule has 144 valence electrons. The second-order valence-corrected chi connectivity index (χ2v) is 7.37. The van der Waals surface area contributed by atoms with E-state index in [2.05, 4.69) is 15.3 Å². The summed E-state index contributed by atoms with van der Waals surface area (Å²) in [4.78, 5) is 26.5. The summed E-state index contributed by atoms with van der Waals surface area (Å²) in [5, 5.41) is 7.87. The van der Waals surface area contributed by atoms with Crippen LogP contribution in [0.3, 0.4) is 0 Å². The molecule has 1 aromatic carbocycles. The lowest BCUT2D eigenvalue weighted by atomic mass is 9.94. The topological polar surface area (TPSA) is 67.2 Å². The van der Waals surface area contributed by atoms with Crippen molar-refractivity contribution in [3.05, 3.63) is 57.5 Å². The van der Waals surface area contributed by atoms with Crippen LogP contribution in [-0.4, -0.2) is 28.8 Å². The van der Waals surface area contributed by atoms with Crippen LogP contribution >= 0.6 is 11.6 Å². The lowest BCUT2D eigenvalue weighted by Gasteiger charge is -2.34. The van der Waals surface area contributed by atoms with Crippen molar-refractivity contribution in [3.63, 3.8) is 0 Å². The summed E-state index contributed by atoms with van der Waals surface area (Å²) in [5.74, 6) is 0.328. The number of rotatable bonds is 6. The largest absolute Gasteiger partial charge is 0.370 e. The van der Waals surface area contributed by atoms with Crippen LogP contribution in [0.5, 0.6) is 0 Å². The van der Waals surface area contributed by atoms with E-state index in [4.69, 9.17) is 11.6 Å². The van der Waals surface area contributed by atoms with E-state index in [0.29, 0.717) is 24.5 Å². The van der Waals surface area contributed by atoms with E-state index >= 15 is 0 Å². The summed E-state index contributed by atoms with van der Waals surface area (Å²) in [6.07, 6.45) is 4.26. The molecule has 1 fully saturated rings. The van der Waals surface area contributed by atoms with Crippen molar-refractivity contribution in [1.29, 1.82) is 0 Å². The number of nitrogens with zero attached hydrogens (tertiary/aromatic N) is 3. The number of hydrogen-bond donors (Lipinski definition) is 1. The number of anilines is 1. The van der Waals surface area contributed by atoms with E-state index in [0.717, 1.165) is 37.2 Å². The number of aromatic nitrogens is 2. The standard InChI is InChI=1S/C20H25ClN4O2/c1-2-25-20(27)11-18(13-23-25)24-9-3-4-16(14-24)10-19(26)22-12-15-5-7-17(21)8-6-15/h5-8,11,13,16H,2-4,9-10,12,14H2,1H3,(H,22,26). The number of hydrogen-bond acceptors (Lipinski definition) is 4. The van der Waals surface area contributed by atoms with E-state index in [1.165, 1.54) is 4.68 Å². The molecule has 1 N–H and O–H groups in total. The summed E-state index contributed by atoms with van der Waals surface area (Å²) in [7, 11) is 0.